The summed E-state index contributed by atoms with van der Waals surface area (Å²) in [4.78, 5) is 7.18. The Morgan fingerprint density at radius 3 is 2.76 bits per heavy atom. The van der Waals surface area contributed by atoms with Gasteiger partial charge in [-0.1, -0.05) is 6.07 Å². The predicted octanol–water partition coefficient (Wildman–Crippen LogP) is 2.91. The molecule has 0 N–H and O–H groups in total. The van der Waals surface area contributed by atoms with Crippen molar-refractivity contribution in [3.63, 3.8) is 0 Å². The molecule has 2 bridgehead atoms. The van der Waals surface area contributed by atoms with Crippen LogP contribution >= 0.6 is 11.6 Å². The summed E-state index contributed by atoms with van der Waals surface area (Å²) in [6.45, 7) is 3.51. The smallest absolute Gasteiger partial charge is 0.125 e. The molecule has 108 valence electrons. The van der Waals surface area contributed by atoms with E-state index in [-0.39, 0.29) is 0 Å². The summed E-state index contributed by atoms with van der Waals surface area (Å²) >= 11 is 6.14. The predicted molar refractivity (Wildman–Crippen MR) is 82.2 cm³/mol. The third kappa shape index (κ3) is 1.96. The number of halogens is 1. The van der Waals surface area contributed by atoms with Gasteiger partial charge >= 0.3 is 0 Å². The molecule has 5 heteroatoms. The molecule has 0 spiro atoms. The standard InChI is InChI=1S/C16H17ClN4/c17-8-15-19-16-12(9-18)2-1-3-13(16)21(15)14-10-20-6-4-11(14)5-7-20/h1-3,11,14H,4-8,10H2. The van der Waals surface area contributed by atoms with Crippen molar-refractivity contribution in [1.82, 2.24) is 14.5 Å². The Morgan fingerprint density at radius 1 is 1.33 bits per heavy atom. The maximum atomic E-state index is 9.28. The van der Waals surface area contributed by atoms with Crippen LogP contribution in [0.2, 0.25) is 0 Å². The lowest BCUT2D eigenvalue weighted by atomic mass is 9.83. The molecule has 5 rings (SSSR count). The fourth-order valence-corrected chi connectivity index (χ4v) is 4.13. The summed E-state index contributed by atoms with van der Waals surface area (Å²) in [7, 11) is 0. The normalized spacial score (nSPS) is 27.9. The summed E-state index contributed by atoms with van der Waals surface area (Å²) in [6.07, 6.45) is 2.51. The first-order valence-electron chi connectivity index (χ1n) is 7.50. The zero-order valence-electron chi connectivity index (χ0n) is 11.8. The summed E-state index contributed by atoms with van der Waals surface area (Å²) in [5, 5.41) is 9.28. The molecular formula is C16H17ClN4. The molecule has 4 heterocycles. The lowest BCUT2D eigenvalue weighted by Crippen LogP contribution is -2.48. The molecule has 4 nitrogen and oxygen atoms in total. The van der Waals surface area contributed by atoms with Crippen LogP contribution in [0.3, 0.4) is 0 Å². The van der Waals surface area contributed by atoms with Crippen molar-refractivity contribution in [1.29, 1.82) is 5.26 Å². The number of fused-ring (bicyclic) bond motifs is 4. The molecular weight excluding hydrogens is 284 g/mol. The van der Waals surface area contributed by atoms with E-state index < -0.39 is 0 Å². The summed E-state index contributed by atoms with van der Waals surface area (Å²) in [5.41, 5.74) is 2.49. The minimum Gasteiger partial charge on any atom is -0.322 e. The van der Waals surface area contributed by atoms with Crippen molar-refractivity contribution in [2.45, 2.75) is 24.8 Å². The minimum absolute atomic E-state index is 0.392. The van der Waals surface area contributed by atoms with E-state index in [1.165, 1.54) is 25.9 Å². The number of hydrogen-bond acceptors (Lipinski definition) is 3. The average molecular weight is 301 g/mol. The summed E-state index contributed by atoms with van der Waals surface area (Å²) in [5.74, 6) is 2.00. The number of para-hydroxylation sites is 1. The molecule has 3 aliphatic heterocycles. The average Bonchev–Trinajstić information content (AvgIpc) is 2.94. The SMILES string of the molecule is N#Cc1cccc2c1nc(CCl)n2C1CN2CCC1CC2. The Balaban J connectivity index is 1.90. The Labute approximate surface area is 128 Å². The zero-order valence-corrected chi connectivity index (χ0v) is 12.6. The van der Waals surface area contributed by atoms with E-state index in [4.69, 9.17) is 11.6 Å². The van der Waals surface area contributed by atoms with Gasteiger partial charge in [0, 0.05) is 6.54 Å². The largest absolute Gasteiger partial charge is 0.322 e. The lowest BCUT2D eigenvalue weighted by molar-refractivity contribution is 0.0578. The molecule has 0 radical (unpaired) electrons. The highest BCUT2D eigenvalue weighted by Gasteiger charge is 2.36. The van der Waals surface area contributed by atoms with Gasteiger partial charge < -0.3 is 9.47 Å². The van der Waals surface area contributed by atoms with Crippen LogP contribution in [0.5, 0.6) is 0 Å². The molecule has 1 atom stereocenters. The van der Waals surface area contributed by atoms with Crippen molar-refractivity contribution in [2.75, 3.05) is 19.6 Å². The van der Waals surface area contributed by atoms with E-state index in [0.717, 1.165) is 23.4 Å². The molecule has 1 unspecified atom stereocenters. The number of piperidine rings is 3. The molecule has 1 aromatic carbocycles. The second kappa shape index (κ2) is 5.01. The second-order valence-electron chi connectivity index (χ2n) is 6.02. The lowest BCUT2D eigenvalue weighted by Gasteiger charge is -2.45. The van der Waals surface area contributed by atoms with E-state index in [0.29, 0.717) is 23.4 Å². The number of nitriles is 1. The number of aromatic nitrogens is 2. The molecule has 3 fully saturated rings. The zero-order chi connectivity index (χ0) is 14.4. The highest BCUT2D eigenvalue weighted by Crippen LogP contribution is 2.38. The Hall–Kier alpha value is -1.57. The highest BCUT2D eigenvalue weighted by molar-refractivity contribution is 6.16. The summed E-state index contributed by atoms with van der Waals surface area (Å²) < 4.78 is 2.30. The van der Waals surface area contributed by atoms with Crippen molar-refractivity contribution < 1.29 is 0 Å². The van der Waals surface area contributed by atoms with Crippen LogP contribution in [0.25, 0.3) is 11.0 Å². The van der Waals surface area contributed by atoms with Gasteiger partial charge in [-0.05, 0) is 44.0 Å². The molecule has 1 aromatic heterocycles. The molecule has 0 amide bonds. The van der Waals surface area contributed by atoms with Crippen molar-refractivity contribution >= 4 is 22.6 Å². The first-order valence-corrected chi connectivity index (χ1v) is 8.03. The van der Waals surface area contributed by atoms with Crippen LogP contribution < -0.4 is 0 Å². The molecule has 3 saturated heterocycles. The van der Waals surface area contributed by atoms with E-state index in [9.17, 15) is 5.26 Å². The number of rotatable bonds is 2. The van der Waals surface area contributed by atoms with Crippen LogP contribution in [0, 0.1) is 17.2 Å². The van der Waals surface area contributed by atoms with Crippen LogP contribution in [0.1, 0.15) is 30.3 Å². The number of alkyl halides is 1. The summed E-state index contributed by atoms with van der Waals surface area (Å²) in [6, 6.07) is 8.52. The Morgan fingerprint density at radius 2 is 2.14 bits per heavy atom. The highest BCUT2D eigenvalue weighted by atomic mass is 35.5. The fourth-order valence-electron chi connectivity index (χ4n) is 3.95. The molecule has 0 saturated carbocycles. The van der Waals surface area contributed by atoms with Gasteiger partial charge in [0.2, 0.25) is 0 Å². The van der Waals surface area contributed by atoms with Gasteiger partial charge in [-0.2, -0.15) is 5.26 Å². The van der Waals surface area contributed by atoms with Gasteiger partial charge in [0.1, 0.15) is 17.4 Å². The second-order valence-corrected chi connectivity index (χ2v) is 6.29. The van der Waals surface area contributed by atoms with Crippen molar-refractivity contribution in [3.05, 3.63) is 29.6 Å². The van der Waals surface area contributed by atoms with Gasteiger partial charge in [-0.3, -0.25) is 0 Å². The Bertz CT molecular complexity index is 722. The topological polar surface area (TPSA) is 44.9 Å². The quantitative estimate of drug-likeness (QED) is 0.801. The van der Waals surface area contributed by atoms with Crippen molar-refractivity contribution in [2.24, 2.45) is 5.92 Å². The van der Waals surface area contributed by atoms with Gasteiger partial charge in [-0.25, -0.2) is 4.98 Å². The van der Waals surface area contributed by atoms with Gasteiger partial charge in [0.15, 0.2) is 0 Å². The monoisotopic (exact) mass is 300 g/mol. The van der Waals surface area contributed by atoms with Crippen LogP contribution in [-0.4, -0.2) is 34.1 Å². The Kier molecular flexibility index (Phi) is 3.13. The van der Waals surface area contributed by atoms with Crippen molar-refractivity contribution in [3.8, 4) is 6.07 Å². The van der Waals surface area contributed by atoms with Gasteiger partial charge in [-0.15, -0.1) is 11.6 Å². The third-order valence-corrected chi connectivity index (χ3v) is 5.23. The molecule has 21 heavy (non-hydrogen) atoms. The maximum Gasteiger partial charge on any atom is 0.125 e. The minimum atomic E-state index is 0.392. The number of nitrogens with zero attached hydrogens (tertiary/aromatic N) is 4. The van der Waals surface area contributed by atoms with E-state index >= 15 is 0 Å². The number of benzene rings is 1. The van der Waals surface area contributed by atoms with Crippen LogP contribution in [-0.2, 0) is 5.88 Å². The van der Waals surface area contributed by atoms with Crippen LogP contribution in [0.15, 0.2) is 18.2 Å². The first-order chi connectivity index (χ1) is 10.3. The van der Waals surface area contributed by atoms with Crippen LogP contribution in [0.4, 0.5) is 0 Å². The molecule has 0 aliphatic carbocycles. The fraction of sp³-hybridized carbons (Fsp3) is 0.500. The van der Waals surface area contributed by atoms with Gasteiger partial charge in [0.25, 0.3) is 0 Å². The molecule has 2 aromatic rings. The van der Waals surface area contributed by atoms with E-state index in [1.807, 2.05) is 12.1 Å². The van der Waals surface area contributed by atoms with E-state index in [2.05, 4.69) is 26.6 Å². The maximum absolute atomic E-state index is 9.28. The first kappa shape index (κ1) is 13.1. The number of hydrogen-bond donors (Lipinski definition) is 0. The number of imidazole rings is 1. The molecule has 3 aliphatic rings. The van der Waals surface area contributed by atoms with E-state index in [1.54, 1.807) is 0 Å². The third-order valence-electron chi connectivity index (χ3n) is 4.99. The van der Waals surface area contributed by atoms with Gasteiger partial charge in [0.05, 0.1) is 23.0 Å².